The van der Waals surface area contributed by atoms with Gasteiger partial charge < -0.3 is 30.3 Å². The lowest BCUT2D eigenvalue weighted by molar-refractivity contribution is -0.142. The molecule has 2 aliphatic heterocycles. The van der Waals surface area contributed by atoms with Crippen LogP contribution in [0.25, 0.3) is 0 Å². The topological polar surface area (TPSA) is 138 Å². The van der Waals surface area contributed by atoms with E-state index in [-0.39, 0.29) is 42.4 Å². The van der Waals surface area contributed by atoms with E-state index >= 15 is 0 Å². The number of aliphatic imine (C=N–C) groups is 1. The molecule has 0 aromatic heterocycles. The highest BCUT2D eigenvalue weighted by molar-refractivity contribution is 6.46. The number of hydrogen-bond acceptors (Lipinski definition) is 8. The van der Waals surface area contributed by atoms with E-state index in [4.69, 9.17) is 14.5 Å². The highest BCUT2D eigenvalue weighted by Gasteiger charge is 2.54. The molecule has 3 amide bonds. The van der Waals surface area contributed by atoms with Gasteiger partial charge in [0.05, 0.1) is 17.9 Å². The molecule has 298 valence electrons. The molecule has 1 saturated heterocycles. The van der Waals surface area contributed by atoms with Gasteiger partial charge in [-0.05, 0) is 70.1 Å². The van der Waals surface area contributed by atoms with Gasteiger partial charge >= 0.3 is 6.09 Å². The monoisotopic (exact) mass is 747 g/mol. The summed E-state index contributed by atoms with van der Waals surface area (Å²) in [7, 11) is 0. The first-order chi connectivity index (χ1) is 25.7. The average molecular weight is 748 g/mol. The van der Waals surface area contributed by atoms with Crippen molar-refractivity contribution in [1.29, 1.82) is 0 Å². The summed E-state index contributed by atoms with van der Waals surface area (Å²) in [4.78, 5) is 62.7. The molecular weight excluding hydrogens is 683 g/mol. The Labute approximate surface area is 322 Å². The van der Waals surface area contributed by atoms with Crippen molar-refractivity contribution in [3.05, 3.63) is 48.2 Å². The van der Waals surface area contributed by atoms with Crippen molar-refractivity contribution in [2.75, 3.05) is 13.1 Å². The van der Waals surface area contributed by atoms with Gasteiger partial charge in [0.25, 0.3) is 0 Å². The number of Topliss-reactive ketones (excluding diaryl/α,β-unsaturated/α-hetero) is 1. The third-order valence-corrected chi connectivity index (χ3v) is 11.4. The lowest BCUT2D eigenvalue weighted by Crippen LogP contribution is -2.59. The predicted molar refractivity (Wildman–Crippen MR) is 211 cm³/mol. The first kappa shape index (κ1) is 41.4. The number of benzene rings is 1. The first-order valence-corrected chi connectivity index (χ1v) is 20.6. The zero-order valence-corrected chi connectivity index (χ0v) is 33.6. The van der Waals surface area contributed by atoms with Gasteiger partial charge in [0.15, 0.2) is 0 Å². The predicted octanol–water partition coefficient (Wildman–Crippen LogP) is 6.90. The second-order valence-electron chi connectivity index (χ2n) is 17.4. The summed E-state index contributed by atoms with van der Waals surface area (Å²) in [5.41, 5.74) is 0.496. The van der Waals surface area contributed by atoms with Crippen molar-refractivity contribution >= 4 is 29.4 Å². The Morgan fingerprint density at radius 3 is 2.33 bits per heavy atom. The normalized spacial score (nSPS) is 23.7. The second kappa shape index (κ2) is 18.3. The Morgan fingerprint density at radius 2 is 1.70 bits per heavy atom. The summed E-state index contributed by atoms with van der Waals surface area (Å²) in [6, 6.07) is 7.27. The van der Waals surface area contributed by atoms with E-state index in [1.807, 2.05) is 39.0 Å². The van der Waals surface area contributed by atoms with Gasteiger partial charge in [-0.25, -0.2) is 4.79 Å². The van der Waals surface area contributed by atoms with Crippen LogP contribution in [0.4, 0.5) is 4.79 Å². The van der Waals surface area contributed by atoms with Crippen LogP contribution >= 0.6 is 0 Å². The highest BCUT2D eigenvalue weighted by Crippen LogP contribution is 2.43. The van der Waals surface area contributed by atoms with Crippen LogP contribution in [0.3, 0.4) is 0 Å². The lowest BCUT2D eigenvalue weighted by Gasteiger charge is -2.37. The standard InChI is InChI=1S/C43H65N5O6/c1-8-10-17-28(3)53-37(29(4)45-31-22-23-31)33(16-9-2)46-39(50)35-25-43(24-34(44-26-43)36(49)30-18-12-11-13-19-30)27-48(35)40(51)38(42(5,6)7)47-41(52)54-32-20-14-15-21-32/h11-13,18-19,28,31-33,35,37-38,45H,4,8-10,14-17,20-27H2,1-3,5-7H3,(H,46,50)(H,47,52)/t28-,33+,35?,37?,38?,43+/m1/s1. The van der Waals surface area contributed by atoms with Crippen LogP contribution < -0.4 is 16.0 Å². The Bertz CT molecular complexity index is 1510. The summed E-state index contributed by atoms with van der Waals surface area (Å²) in [5, 5.41) is 9.77. The number of ketones is 1. The molecule has 2 heterocycles. The summed E-state index contributed by atoms with van der Waals surface area (Å²) in [6.45, 7) is 17.0. The molecule has 0 bridgehead atoms. The van der Waals surface area contributed by atoms with Gasteiger partial charge in [0.1, 0.15) is 24.3 Å². The van der Waals surface area contributed by atoms with Gasteiger partial charge in [-0.1, -0.05) is 90.8 Å². The van der Waals surface area contributed by atoms with Gasteiger partial charge in [-0.15, -0.1) is 0 Å². The second-order valence-corrected chi connectivity index (χ2v) is 17.4. The SMILES string of the molecule is C=C(NC1CC1)C(O[C@H](C)CCCC)[C@H](CCC)NC(=O)C1C[C@@]2(CN=C(C(=O)c3ccccc3)C2)CN1C(=O)C(NC(=O)OC1CCCC1)C(C)(C)C. The van der Waals surface area contributed by atoms with E-state index in [0.717, 1.165) is 69.9 Å². The number of nitrogens with zero attached hydrogens (tertiary/aromatic N) is 2. The van der Waals surface area contributed by atoms with Crippen molar-refractivity contribution in [1.82, 2.24) is 20.9 Å². The number of amides is 3. The fraction of sp³-hybridized carbons (Fsp3) is 0.698. The van der Waals surface area contributed by atoms with Crippen LogP contribution in [0, 0.1) is 10.8 Å². The number of likely N-dealkylation sites (tertiary alicyclic amines) is 1. The molecule has 1 spiro atoms. The number of alkyl carbamates (subject to hydrolysis) is 1. The van der Waals surface area contributed by atoms with Gasteiger partial charge in [-0.3, -0.25) is 19.4 Å². The van der Waals surface area contributed by atoms with Gasteiger partial charge in [-0.2, -0.15) is 0 Å². The molecule has 4 aliphatic rings. The number of unbranched alkanes of at least 4 members (excludes halogenated alkanes) is 1. The molecule has 6 atom stereocenters. The number of carbonyl (C=O) groups is 4. The van der Waals surface area contributed by atoms with Crippen LogP contribution in [0.2, 0.25) is 0 Å². The van der Waals surface area contributed by atoms with Crippen LogP contribution in [0.15, 0.2) is 47.6 Å². The number of nitrogens with one attached hydrogen (secondary N) is 3. The molecule has 11 nitrogen and oxygen atoms in total. The van der Waals surface area contributed by atoms with E-state index in [2.05, 4.69) is 43.3 Å². The Kier molecular flexibility index (Phi) is 14.0. The molecule has 11 heteroatoms. The zero-order chi connectivity index (χ0) is 39.0. The molecule has 2 aliphatic carbocycles. The number of carbonyl (C=O) groups excluding carboxylic acids is 4. The van der Waals surface area contributed by atoms with Crippen molar-refractivity contribution in [3.8, 4) is 0 Å². The summed E-state index contributed by atoms with van der Waals surface area (Å²) >= 11 is 0. The minimum Gasteiger partial charge on any atom is -0.446 e. The van der Waals surface area contributed by atoms with Crippen LogP contribution in [-0.2, 0) is 19.1 Å². The summed E-state index contributed by atoms with van der Waals surface area (Å²) < 4.78 is 12.4. The Morgan fingerprint density at radius 1 is 1.00 bits per heavy atom. The van der Waals surface area contributed by atoms with Crippen molar-refractivity contribution in [2.24, 2.45) is 15.8 Å². The lowest BCUT2D eigenvalue weighted by atomic mass is 9.81. The summed E-state index contributed by atoms with van der Waals surface area (Å²) in [6.07, 6.45) is 9.69. The van der Waals surface area contributed by atoms with E-state index < -0.39 is 35.1 Å². The third kappa shape index (κ3) is 10.7. The fourth-order valence-electron chi connectivity index (χ4n) is 8.22. The van der Waals surface area contributed by atoms with Crippen LogP contribution in [0.1, 0.15) is 135 Å². The Hall–Kier alpha value is -3.73. The van der Waals surface area contributed by atoms with E-state index in [1.54, 1.807) is 17.0 Å². The summed E-state index contributed by atoms with van der Waals surface area (Å²) in [5.74, 6) is -0.765. The molecule has 3 N–H and O–H groups in total. The number of hydrogen-bond donors (Lipinski definition) is 3. The molecule has 1 aromatic rings. The molecule has 5 rings (SSSR count). The van der Waals surface area contributed by atoms with Crippen molar-refractivity contribution < 1.29 is 28.7 Å². The average Bonchev–Trinajstić information content (AvgIpc) is 3.48. The van der Waals surface area contributed by atoms with E-state index in [1.165, 1.54) is 0 Å². The molecule has 3 unspecified atom stereocenters. The third-order valence-electron chi connectivity index (χ3n) is 11.4. The van der Waals surface area contributed by atoms with Gasteiger partial charge in [0.2, 0.25) is 17.6 Å². The maximum Gasteiger partial charge on any atom is 0.408 e. The Balaban J connectivity index is 1.41. The largest absolute Gasteiger partial charge is 0.446 e. The first-order valence-electron chi connectivity index (χ1n) is 20.6. The number of ether oxygens (including phenoxy) is 2. The van der Waals surface area contributed by atoms with E-state index in [0.29, 0.717) is 43.1 Å². The molecule has 0 radical (unpaired) electrons. The van der Waals surface area contributed by atoms with Crippen molar-refractivity contribution in [3.63, 3.8) is 0 Å². The maximum absolute atomic E-state index is 14.8. The quantitative estimate of drug-likeness (QED) is 0.139. The van der Waals surface area contributed by atoms with E-state index in [9.17, 15) is 19.2 Å². The van der Waals surface area contributed by atoms with Crippen molar-refractivity contribution in [2.45, 2.75) is 167 Å². The molecule has 54 heavy (non-hydrogen) atoms. The highest BCUT2D eigenvalue weighted by atomic mass is 16.6. The van der Waals surface area contributed by atoms with Crippen LogP contribution in [0.5, 0.6) is 0 Å². The zero-order valence-electron chi connectivity index (χ0n) is 33.6. The molecule has 3 fully saturated rings. The fourth-order valence-corrected chi connectivity index (χ4v) is 8.22. The molecular formula is C43H65N5O6. The number of rotatable bonds is 18. The minimum absolute atomic E-state index is 0.0318. The minimum atomic E-state index is -0.950. The molecule has 2 saturated carbocycles. The molecule has 1 aromatic carbocycles. The van der Waals surface area contributed by atoms with Crippen LogP contribution in [-0.4, -0.2) is 89.9 Å². The maximum atomic E-state index is 14.8. The van der Waals surface area contributed by atoms with Gasteiger partial charge in [0, 0.05) is 42.2 Å². The smallest absolute Gasteiger partial charge is 0.408 e.